The van der Waals surface area contributed by atoms with Crippen LogP contribution in [0, 0.1) is 11.8 Å². The fourth-order valence-corrected chi connectivity index (χ4v) is 4.25. The van der Waals surface area contributed by atoms with Crippen LogP contribution in [0.3, 0.4) is 0 Å². The third-order valence-corrected chi connectivity index (χ3v) is 9.94. The van der Waals surface area contributed by atoms with Crippen LogP contribution in [0.2, 0.25) is 18.1 Å². The van der Waals surface area contributed by atoms with Gasteiger partial charge in [0.2, 0.25) is 0 Å². The maximum absolute atomic E-state index is 12.3. The molecule has 1 aliphatic carbocycles. The Bertz CT molecular complexity index is 391. The van der Waals surface area contributed by atoms with Gasteiger partial charge in [-0.1, -0.05) is 46.8 Å². The van der Waals surface area contributed by atoms with Crippen LogP contribution in [0.15, 0.2) is 12.2 Å². The summed E-state index contributed by atoms with van der Waals surface area (Å²) in [6.07, 6.45) is 8.90. The van der Waals surface area contributed by atoms with Crippen molar-refractivity contribution in [3.05, 3.63) is 12.2 Å². The highest BCUT2D eigenvalue weighted by Crippen LogP contribution is 2.40. The van der Waals surface area contributed by atoms with Crippen molar-refractivity contribution in [1.29, 1.82) is 0 Å². The standard InChI is InChI=1S/C19H36O2Si/c1-15(2)17-13-11-9-8-10-12-16(20)14-18(17)21-22(6,7)19(3,4)5/h8-9,15,17-18H,10-14H2,1-7H3/b9-8+/t17-,18?/m0/s1. The first-order valence-electron chi connectivity index (χ1n) is 8.89. The predicted octanol–water partition coefficient (Wildman–Crippen LogP) is 5.74. The fraction of sp³-hybridized carbons (Fsp3) is 0.842. The number of rotatable bonds is 3. The van der Waals surface area contributed by atoms with Crippen LogP contribution in [-0.2, 0) is 9.22 Å². The minimum atomic E-state index is -1.85. The highest BCUT2D eigenvalue weighted by atomic mass is 28.4. The average molecular weight is 325 g/mol. The van der Waals surface area contributed by atoms with E-state index in [2.05, 4.69) is 59.9 Å². The molecule has 0 heterocycles. The highest BCUT2D eigenvalue weighted by molar-refractivity contribution is 6.74. The molecular formula is C19H36O2Si. The summed E-state index contributed by atoms with van der Waals surface area (Å²) in [7, 11) is -1.85. The van der Waals surface area contributed by atoms with Crippen molar-refractivity contribution < 1.29 is 9.22 Å². The molecule has 0 aliphatic heterocycles. The summed E-state index contributed by atoms with van der Waals surface area (Å²) < 4.78 is 6.71. The van der Waals surface area contributed by atoms with Crippen molar-refractivity contribution in [2.45, 2.75) is 91.0 Å². The Morgan fingerprint density at radius 2 is 1.77 bits per heavy atom. The second-order valence-electron chi connectivity index (χ2n) is 8.65. The molecular weight excluding hydrogens is 288 g/mol. The van der Waals surface area contributed by atoms with E-state index in [0.717, 1.165) is 19.3 Å². The second kappa shape index (κ2) is 7.92. The van der Waals surface area contributed by atoms with Gasteiger partial charge in [-0.25, -0.2) is 0 Å². The van der Waals surface area contributed by atoms with E-state index in [9.17, 15) is 4.79 Å². The number of carbonyl (C=O) groups excluding carboxylic acids is 1. The Balaban J connectivity index is 2.99. The lowest BCUT2D eigenvalue weighted by Crippen LogP contribution is -2.47. The molecule has 0 N–H and O–H groups in total. The van der Waals surface area contributed by atoms with Crippen LogP contribution >= 0.6 is 0 Å². The van der Waals surface area contributed by atoms with Gasteiger partial charge in [-0.2, -0.15) is 0 Å². The number of hydrogen-bond acceptors (Lipinski definition) is 2. The summed E-state index contributed by atoms with van der Waals surface area (Å²) in [4.78, 5) is 12.3. The lowest BCUT2D eigenvalue weighted by molar-refractivity contribution is -0.121. The Kier molecular flexibility index (Phi) is 7.06. The number of allylic oxidation sites excluding steroid dienone is 2. The number of hydrogen-bond donors (Lipinski definition) is 0. The van der Waals surface area contributed by atoms with Crippen molar-refractivity contribution in [3.63, 3.8) is 0 Å². The second-order valence-corrected chi connectivity index (χ2v) is 13.4. The summed E-state index contributed by atoms with van der Waals surface area (Å²) in [6, 6.07) is 0. The van der Waals surface area contributed by atoms with Gasteiger partial charge in [-0.15, -0.1) is 0 Å². The molecule has 0 aromatic heterocycles. The first kappa shape index (κ1) is 19.6. The zero-order valence-corrected chi connectivity index (χ0v) is 16.7. The Hall–Kier alpha value is -0.413. The van der Waals surface area contributed by atoms with Gasteiger partial charge in [0.1, 0.15) is 5.78 Å². The zero-order chi connectivity index (χ0) is 17.0. The van der Waals surface area contributed by atoms with Crippen molar-refractivity contribution in [2.24, 2.45) is 11.8 Å². The molecule has 3 heteroatoms. The number of ketones is 1. The molecule has 0 saturated carbocycles. The van der Waals surface area contributed by atoms with Gasteiger partial charge < -0.3 is 4.43 Å². The van der Waals surface area contributed by atoms with E-state index in [4.69, 9.17) is 4.43 Å². The molecule has 22 heavy (non-hydrogen) atoms. The molecule has 0 bridgehead atoms. The Morgan fingerprint density at radius 1 is 1.18 bits per heavy atom. The molecule has 1 aliphatic rings. The van der Waals surface area contributed by atoms with Gasteiger partial charge >= 0.3 is 0 Å². The molecule has 1 unspecified atom stereocenters. The normalized spacial score (nSPS) is 27.0. The molecule has 0 aromatic carbocycles. The van der Waals surface area contributed by atoms with E-state index in [0.29, 0.717) is 30.5 Å². The first-order chi connectivity index (χ1) is 10.0. The largest absolute Gasteiger partial charge is 0.413 e. The molecule has 0 aromatic rings. The minimum Gasteiger partial charge on any atom is -0.413 e. The fourth-order valence-electron chi connectivity index (χ4n) is 2.88. The van der Waals surface area contributed by atoms with Crippen LogP contribution in [0.25, 0.3) is 0 Å². The molecule has 128 valence electrons. The summed E-state index contributed by atoms with van der Waals surface area (Å²) in [6.45, 7) is 16.0. The van der Waals surface area contributed by atoms with Crippen molar-refractivity contribution in [2.75, 3.05) is 0 Å². The van der Waals surface area contributed by atoms with E-state index in [1.54, 1.807) is 0 Å². The number of Topliss-reactive ketones (excluding diaryl/α,β-unsaturated/α-hetero) is 1. The molecule has 0 saturated heterocycles. The monoisotopic (exact) mass is 324 g/mol. The van der Waals surface area contributed by atoms with Gasteiger partial charge in [0, 0.05) is 12.8 Å². The maximum atomic E-state index is 12.3. The van der Waals surface area contributed by atoms with Crippen LogP contribution in [0.4, 0.5) is 0 Å². The van der Waals surface area contributed by atoms with Crippen LogP contribution in [0.5, 0.6) is 0 Å². The summed E-state index contributed by atoms with van der Waals surface area (Å²) in [5, 5.41) is 0.187. The van der Waals surface area contributed by atoms with Crippen LogP contribution in [-0.4, -0.2) is 20.2 Å². The summed E-state index contributed by atoms with van der Waals surface area (Å²) >= 11 is 0. The quantitative estimate of drug-likeness (QED) is 0.489. The summed E-state index contributed by atoms with van der Waals surface area (Å²) in [5.74, 6) is 1.39. The third-order valence-electron chi connectivity index (χ3n) is 5.44. The average Bonchev–Trinajstić information content (AvgIpc) is 2.34. The smallest absolute Gasteiger partial charge is 0.192 e. The maximum Gasteiger partial charge on any atom is 0.192 e. The van der Waals surface area contributed by atoms with Crippen molar-refractivity contribution in [3.8, 4) is 0 Å². The topological polar surface area (TPSA) is 26.3 Å². The molecule has 2 nitrogen and oxygen atoms in total. The molecule has 0 fully saturated rings. The molecule has 2 atom stereocenters. The van der Waals surface area contributed by atoms with Gasteiger partial charge in [-0.05, 0) is 49.2 Å². The van der Waals surface area contributed by atoms with Gasteiger partial charge in [0.25, 0.3) is 0 Å². The van der Waals surface area contributed by atoms with Gasteiger partial charge in [0.05, 0.1) is 6.10 Å². The predicted molar refractivity (Wildman–Crippen MR) is 97.6 cm³/mol. The molecule has 0 amide bonds. The lowest BCUT2D eigenvalue weighted by Gasteiger charge is -2.42. The SMILES string of the molecule is CC(C)[C@@H]1CC/C=C/CCC(=O)CC1O[Si](C)(C)C(C)(C)C. The zero-order valence-electron chi connectivity index (χ0n) is 15.7. The van der Waals surface area contributed by atoms with Crippen LogP contribution < -0.4 is 0 Å². The first-order valence-corrected chi connectivity index (χ1v) is 11.8. The van der Waals surface area contributed by atoms with Crippen molar-refractivity contribution >= 4 is 14.1 Å². The third kappa shape index (κ3) is 5.66. The van der Waals surface area contributed by atoms with Gasteiger partial charge in [-0.3, -0.25) is 4.79 Å². The minimum absolute atomic E-state index is 0.0971. The van der Waals surface area contributed by atoms with E-state index in [1.165, 1.54) is 0 Å². The molecule has 1 rings (SSSR count). The lowest BCUT2D eigenvalue weighted by atomic mass is 9.83. The van der Waals surface area contributed by atoms with Crippen molar-refractivity contribution in [1.82, 2.24) is 0 Å². The van der Waals surface area contributed by atoms with E-state index in [-0.39, 0.29) is 11.1 Å². The van der Waals surface area contributed by atoms with Crippen LogP contribution in [0.1, 0.15) is 66.7 Å². The van der Waals surface area contributed by atoms with E-state index >= 15 is 0 Å². The Labute approximate surface area is 138 Å². The number of carbonyl (C=O) groups is 1. The summed E-state index contributed by atoms with van der Waals surface area (Å²) in [5.41, 5.74) is 0. The molecule has 0 spiro atoms. The van der Waals surface area contributed by atoms with E-state index < -0.39 is 8.32 Å². The Morgan fingerprint density at radius 3 is 2.32 bits per heavy atom. The molecule has 0 radical (unpaired) electrons. The highest BCUT2D eigenvalue weighted by Gasteiger charge is 2.41. The van der Waals surface area contributed by atoms with Gasteiger partial charge in [0.15, 0.2) is 8.32 Å². The van der Waals surface area contributed by atoms with E-state index in [1.807, 2.05) is 0 Å².